The molecule has 0 spiro atoms. The average Bonchev–Trinajstić information content (AvgIpc) is 2.49. The molecule has 1 unspecified atom stereocenters. The largest absolute Gasteiger partial charge is 0.388 e. The van der Waals surface area contributed by atoms with Crippen LogP contribution >= 0.6 is 27.3 Å². The van der Waals surface area contributed by atoms with E-state index in [2.05, 4.69) is 22.0 Å². The van der Waals surface area contributed by atoms with Crippen molar-refractivity contribution in [1.82, 2.24) is 0 Å². The maximum atomic E-state index is 9.41. The number of thiophene rings is 1. The van der Waals surface area contributed by atoms with Gasteiger partial charge in [-0.2, -0.15) is 0 Å². The standard InChI is InChI=1S/C10H9BrOS/c1-6(12)10-5-7-8(11)3-2-4-9(7)13-10/h2-6,12H,1H3. The van der Waals surface area contributed by atoms with E-state index in [1.807, 2.05) is 18.2 Å². The number of aliphatic hydroxyl groups is 1. The molecule has 13 heavy (non-hydrogen) atoms. The molecule has 0 amide bonds. The highest BCUT2D eigenvalue weighted by Crippen LogP contribution is 2.33. The zero-order valence-electron chi connectivity index (χ0n) is 7.12. The van der Waals surface area contributed by atoms with Gasteiger partial charge in [0.05, 0.1) is 6.10 Å². The summed E-state index contributed by atoms with van der Waals surface area (Å²) in [5.74, 6) is 0. The van der Waals surface area contributed by atoms with E-state index >= 15 is 0 Å². The molecule has 0 aliphatic rings. The maximum Gasteiger partial charge on any atom is 0.0854 e. The summed E-state index contributed by atoms with van der Waals surface area (Å²) >= 11 is 5.12. The topological polar surface area (TPSA) is 20.2 Å². The van der Waals surface area contributed by atoms with Crippen molar-refractivity contribution in [2.24, 2.45) is 0 Å². The number of halogens is 1. The van der Waals surface area contributed by atoms with Crippen LogP contribution in [0, 0.1) is 0 Å². The number of hydrogen-bond acceptors (Lipinski definition) is 2. The molecule has 1 aromatic heterocycles. The number of fused-ring (bicyclic) bond motifs is 1. The summed E-state index contributed by atoms with van der Waals surface area (Å²) in [6.07, 6.45) is -0.371. The Labute approximate surface area is 89.1 Å². The first-order chi connectivity index (χ1) is 6.18. The second-order valence-corrected chi connectivity index (χ2v) is 4.95. The summed E-state index contributed by atoms with van der Waals surface area (Å²) in [6.45, 7) is 1.79. The van der Waals surface area contributed by atoms with E-state index < -0.39 is 0 Å². The number of benzene rings is 1. The average molecular weight is 257 g/mol. The Bertz CT molecular complexity index is 433. The van der Waals surface area contributed by atoms with Gasteiger partial charge in [-0.25, -0.2) is 0 Å². The van der Waals surface area contributed by atoms with Crippen molar-refractivity contribution in [3.05, 3.63) is 33.6 Å². The Kier molecular flexibility index (Phi) is 2.41. The van der Waals surface area contributed by atoms with Gasteiger partial charge in [-0.15, -0.1) is 11.3 Å². The van der Waals surface area contributed by atoms with E-state index in [0.29, 0.717) is 0 Å². The van der Waals surface area contributed by atoms with Gasteiger partial charge in [-0.3, -0.25) is 0 Å². The first-order valence-electron chi connectivity index (χ1n) is 4.04. The normalized spacial score (nSPS) is 13.5. The van der Waals surface area contributed by atoms with Gasteiger partial charge < -0.3 is 5.11 Å². The van der Waals surface area contributed by atoms with Crippen LogP contribution in [0.5, 0.6) is 0 Å². The van der Waals surface area contributed by atoms with Gasteiger partial charge in [-0.05, 0) is 25.1 Å². The van der Waals surface area contributed by atoms with E-state index in [1.165, 1.54) is 10.1 Å². The lowest BCUT2D eigenvalue weighted by Crippen LogP contribution is -1.83. The Morgan fingerprint density at radius 3 is 2.85 bits per heavy atom. The quantitative estimate of drug-likeness (QED) is 0.825. The molecule has 0 saturated heterocycles. The molecule has 1 N–H and O–H groups in total. The van der Waals surface area contributed by atoms with Crippen molar-refractivity contribution in [3.63, 3.8) is 0 Å². The lowest BCUT2D eigenvalue weighted by atomic mass is 10.2. The number of rotatable bonds is 1. The summed E-state index contributed by atoms with van der Waals surface area (Å²) in [4.78, 5) is 1.02. The van der Waals surface area contributed by atoms with E-state index in [4.69, 9.17) is 0 Å². The van der Waals surface area contributed by atoms with Gasteiger partial charge >= 0.3 is 0 Å². The summed E-state index contributed by atoms with van der Waals surface area (Å²) in [7, 11) is 0. The van der Waals surface area contributed by atoms with Gasteiger partial charge in [-0.1, -0.05) is 22.0 Å². The minimum atomic E-state index is -0.371. The molecule has 0 bridgehead atoms. The Morgan fingerprint density at radius 2 is 2.23 bits per heavy atom. The third-order valence-electron chi connectivity index (χ3n) is 1.94. The Hall–Kier alpha value is -0.380. The van der Waals surface area contributed by atoms with Crippen LogP contribution in [0.4, 0.5) is 0 Å². The number of hydrogen-bond donors (Lipinski definition) is 1. The zero-order valence-corrected chi connectivity index (χ0v) is 9.52. The molecular formula is C10H9BrOS. The second kappa shape index (κ2) is 3.40. The molecule has 0 aliphatic heterocycles. The summed E-state index contributed by atoms with van der Waals surface area (Å²) < 4.78 is 2.30. The molecule has 0 saturated carbocycles. The van der Waals surface area contributed by atoms with Gasteiger partial charge in [0.15, 0.2) is 0 Å². The fraction of sp³-hybridized carbons (Fsp3) is 0.200. The molecule has 0 radical (unpaired) electrons. The van der Waals surface area contributed by atoms with Crippen molar-refractivity contribution in [2.45, 2.75) is 13.0 Å². The van der Waals surface area contributed by atoms with Crippen molar-refractivity contribution < 1.29 is 5.11 Å². The third-order valence-corrected chi connectivity index (χ3v) is 3.90. The molecule has 1 heterocycles. The van der Waals surface area contributed by atoms with Gasteiger partial charge in [0.2, 0.25) is 0 Å². The minimum Gasteiger partial charge on any atom is -0.388 e. The summed E-state index contributed by atoms with van der Waals surface area (Å²) in [5, 5.41) is 10.6. The fourth-order valence-electron chi connectivity index (χ4n) is 1.25. The van der Waals surface area contributed by atoms with Gasteiger partial charge in [0.1, 0.15) is 0 Å². The van der Waals surface area contributed by atoms with E-state index in [9.17, 15) is 5.11 Å². The molecule has 68 valence electrons. The molecular weight excluding hydrogens is 248 g/mol. The van der Waals surface area contributed by atoms with Crippen molar-refractivity contribution >= 4 is 37.4 Å². The first kappa shape index (κ1) is 9.19. The zero-order chi connectivity index (χ0) is 9.42. The van der Waals surface area contributed by atoms with E-state index in [-0.39, 0.29) is 6.10 Å². The predicted octanol–water partition coefficient (Wildman–Crippen LogP) is 3.72. The summed E-state index contributed by atoms with van der Waals surface area (Å²) in [5.41, 5.74) is 0. The van der Waals surface area contributed by atoms with Crippen LogP contribution in [-0.4, -0.2) is 5.11 Å². The number of aliphatic hydroxyl groups excluding tert-OH is 1. The lowest BCUT2D eigenvalue weighted by molar-refractivity contribution is 0.203. The molecule has 0 aliphatic carbocycles. The SMILES string of the molecule is CC(O)c1cc2c(Br)cccc2s1. The third kappa shape index (κ3) is 1.64. The van der Waals surface area contributed by atoms with Crippen LogP contribution < -0.4 is 0 Å². The van der Waals surface area contributed by atoms with Crippen LogP contribution in [0.3, 0.4) is 0 Å². The van der Waals surface area contributed by atoms with Crippen LogP contribution in [0.25, 0.3) is 10.1 Å². The maximum absolute atomic E-state index is 9.41. The molecule has 0 fully saturated rings. The van der Waals surface area contributed by atoms with Crippen LogP contribution in [0.1, 0.15) is 17.9 Å². The monoisotopic (exact) mass is 256 g/mol. The molecule has 3 heteroatoms. The van der Waals surface area contributed by atoms with Crippen molar-refractivity contribution in [3.8, 4) is 0 Å². The van der Waals surface area contributed by atoms with Gasteiger partial charge in [0, 0.05) is 19.4 Å². The Morgan fingerprint density at radius 1 is 1.46 bits per heavy atom. The molecule has 1 atom stereocenters. The van der Waals surface area contributed by atoms with Crippen LogP contribution in [0.15, 0.2) is 28.7 Å². The highest BCUT2D eigenvalue weighted by Gasteiger charge is 2.07. The molecule has 2 aromatic rings. The lowest BCUT2D eigenvalue weighted by Gasteiger charge is -1.95. The fourth-order valence-corrected chi connectivity index (χ4v) is 2.89. The van der Waals surface area contributed by atoms with Gasteiger partial charge in [0.25, 0.3) is 0 Å². The smallest absolute Gasteiger partial charge is 0.0854 e. The van der Waals surface area contributed by atoms with Crippen LogP contribution in [-0.2, 0) is 0 Å². The van der Waals surface area contributed by atoms with E-state index in [0.717, 1.165) is 9.35 Å². The van der Waals surface area contributed by atoms with Crippen LogP contribution in [0.2, 0.25) is 0 Å². The van der Waals surface area contributed by atoms with E-state index in [1.54, 1.807) is 18.3 Å². The summed E-state index contributed by atoms with van der Waals surface area (Å²) in [6, 6.07) is 8.13. The Balaban J connectivity index is 2.68. The molecule has 1 nitrogen and oxygen atoms in total. The second-order valence-electron chi connectivity index (χ2n) is 2.98. The van der Waals surface area contributed by atoms with Crippen molar-refractivity contribution in [2.75, 3.05) is 0 Å². The highest BCUT2D eigenvalue weighted by atomic mass is 79.9. The first-order valence-corrected chi connectivity index (χ1v) is 5.65. The minimum absolute atomic E-state index is 0.371. The molecule has 1 aromatic carbocycles. The highest BCUT2D eigenvalue weighted by molar-refractivity contribution is 9.10. The predicted molar refractivity (Wildman–Crippen MR) is 60.2 cm³/mol. The van der Waals surface area contributed by atoms with Crippen molar-refractivity contribution in [1.29, 1.82) is 0 Å². The molecule has 2 rings (SSSR count).